The van der Waals surface area contributed by atoms with Crippen LogP contribution in [0.4, 0.5) is 0 Å². The first-order valence-electron chi connectivity index (χ1n) is 6.99. The number of hydrogen-bond donors (Lipinski definition) is 1. The van der Waals surface area contributed by atoms with E-state index in [0.717, 1.165) is 30.0 Å². The van der Waals surface area contributed by atoms with Gasteiger partial charge in [0.05, 0.1) is 6.61 Å². The Morgan fingerprint density at radius 1 is 1.42 bits per heavy atom. The van der Waals surface area contributed by atoms with Crippen molar-refractivity contribution < 1.29 is 4.74 Å². The van der Waals surface area contributed by atoms with Gasteiger partial charge in [-0.1, -0.05) is 22.9 Å². The van der Waals surface area contributed by atoms with E-state index in [0.29, 0.717) is 12.0 Å². The molecule has 0 radical (unpaired) electrons. The molecule has 1 aromatic rings. The van der Waals surface area contributed by atoms with E-state index in [4.69, 9.17) is 4.74 Å². The topological polar surface area (TPSA) is 21.3 Å². The van der Waals surface area contributed by atoms with Gasteiger partial charge in [0.15, 0.2) is 0 Å². The minimum Gasteiger partial charge on any atom is -0.381 e. The second kappa shape index (κ2) is 8.30. The summed E-state index contributed by atoms with van der Waals surface area (Å²) in [4.78, 5) is 1.34. The molecule has 1 saturated heterocycles. The zero-order chi connectivity index (χ0) is 13.5. The Balaban J connectivity index is 1.86. The van der Waals surface area contributed by atoms with Crippen molar-refractivity contribution in [1.29, 1.82) is 0 Å². The average molecular weight is 344 g/mol. The largest absolute Gasteiger partial charge is 0.381 e. The second-order valence-electron chi connectivity index (χ2n) is 4.95. The quantitative estimate of drug-likeness (QED) is 0.757. The third kappa shape index (κ3) is 5.10. The molecule has 0 bridgehead atoms. The fraction of sp³-hybridized carbons (Fsp3) is 0.600. The Morgan fingerprint density at radius 2 is 2.21 bits per heavy atom. The summed E-state index contributed by atoms with van der Waals surface area (Å²) in [6.45, 7) is 5.17. The van der Waals surface area contributed by atoms with Crippen molar-refractivity contribution in [3.05, 3.63) is 28.7 Å². The van der Waals surface area contributed by atoms with E-state index < -0.39 is 0 Å². The summed E-state index contributed by atoms with van der Waals surface area (Å²) in [5, 5.41) is 3.68. The summed E-state index contributed by atoms with van der Waals surface area (Å²) in [5.41, 5.74) is 0. The first kappa shape index (κ1) is 15.4. The van der Waals surface area contributed by atoms with Crippen molar-refractivity contribution in [2.45, 2.75) is 30.7 Å². The molecule has 2 atom stereocenters. The number of ether oxygens (including phenoxy) is 1. The van der Waals surface area contributed by atoms with Crippen molar-refractivity contribution in [1.82, 2.24) is 5.32 Å². The van der Waals surface area contributed by atoms with E-state index in [-0.39, 0.29) is 0 Å². The molecule has 0 spiro atoms. The van der Waals surface area contributed by atoms with Crippen LogP contribution >= 0.6 is 27.7 Å². The third-order valence-electron chi connectivity index (χ3n) is 3.43. The van der Waals surface area contributed by atoms with Gasteiger partial charge in [-0.25, -0.2) is 0 Å². The summed E-state index contributed by atoms with van der Waals surface area (Å²) < 4.78 is 6.67. The van der Waals surface area contributed by atoms with Crippen molar-refractivity contribution >= 4 is 27.7 Å². The van der Waals surface area contributed by atoms with Gasteiger partial charge in [-0.05, 0) is 43.7 Å². The third-order valence-corrected chi connectivity index (χ3v) is 5.09. The van der Waals surface area contributed by atoms with Crippen LogP contribution < -0.4 is 5.32 Å². The number of nitrogens with one attached hydrogen (secondary N) is 1. The van der Waals surface area contributed by atoms with E-state index in [1.165, 1.54) is 17.7 Å². The van der Waals surface area contributed by atoms with Gasteiger partial charge in [-0.3, -0.25) is 0 Å². The average Bonchev–Trinajstić information content (AvgIpc) is 2.95. The predicted octanol–water partition coefficient (Wildman–Crippen LogP) is 3.95. The van der Waals surface area contributed by atoms with E-state index in [1.807, 2.05) is 11.8 Å². The Labute approximate surface area is 128 Å². The lowest BCUT2D eigenvalue weighted by Gasteiger charge is -2.23. The van der Waals surface area contributed by atoms with Gasteiger partial charge in [-0.15, -0.1) is 11.8 Å². The summed E-state index contributed by atoms with van der Waals surface area (Å²) in [5.74, 6) is 1.80. The Bertz CT molecular complexity index is 365. The standard InChI is InChI=1S/C15H22BrNOS/c1-2-8-17-15(12-7-9-18-10-12)11-19-14-5-3-13(16)4-6-14/h3-6,12,15,17H,2,7-11H2,1H3. The second-order valence-corrected chi connectivity index (χ2v) is 6.96. The highest BCUT2D eigenvalue weighted by Crippen LogP contribution is 2.25. The van der Waals surface area contributed by atoms with Crippen LogP contribution in [0, 0.1) is 5.92 Å². The number of rotatable bonds is 7. The molecule has 1 heterocycles. The van der Waals surface area contributed by atoms with E-state index >= 15 is 0 Å². The molecule has 19 heavy (non-hydrogen) atoms. The first-order valence-corrected chi connectivity index (χ1v) is 8.77. The lowest BCUT2D eigenvalue weighted by molar-refractivity contribution is 0.179. The van der Waals surface area contributed by atoms with Gasteiger partial charge in [-0.2, -0.15) is 0 Å². The van der Waals surface area contributed by atoms with Crippen LogP contribution in [0.2, 0.25) is 0 Å². The molecular weight excluding hydrogens is 322 g/mol. The van der Waals surface area contributed by atoms with Gasteiger partial charge >= 0.3 is 0 Å². The maximum Gasteiger partial charge on any atom is 0.0510 e. The molecule has 106 valence electrons. The number of benzene rings is 1. The molecule has 2 rings (SSSR count). The smallest absolute Gasteiger partial charge is 0.0510 e. The SMILES string of the molecule is CCCNC(CSc1ccc(Br)cc1)C1CCOC1. The maximum absolute atomic E-state index is 5.53. The van der Waals surface area contributed by atoms with Crippen LogP contribution in [-0.4, -0.2) is 31.6 Å². The molecule has 1 N–H and O–H groups in total. The van der Waals surface area contributed by atoms with Gasteiger partial charge < -0.3 is 10.1 Å². The molecule has 2 unspecified atom stereocenters. The first-order chi connectivity index (χ1) is 9.29. The molecule has 1 fully saturated rings. The highest BCUT2D eigenvalue weighted by Gasteiger charge is 2.25. The maximum atomic E-state index is 5.53. The van der Waals surface area contributed by atoms with Gasteiger partial charge in [0.2, 0.25) is 0 Å². The van der Waals surface area contributed by atoms with Crippen molar-refractivity contribution in [2.24, 2.45) is 5.92 Å². The molecule has 2 nitrogen and oxygen atoms in total. The summed E-state index contributed by atoms with van der Waals surface area (Å²) in [6.07, 6.45) is 2.38. The number of halogens is 1. The Morgan fingerprint density at radius 3 is 2.84 bits per heavy atom. The van der Waals surface area contributed by atoms with Gasteiger partial charge in [0.1, 0.15) is 0 Å². The fourth-order valence-electron chi connectivity index (χ4n) is 2.28. The van der Waals surface area contributed by atoms with Crippen LogP contribution in [0.25, 0.3) is 0 Å². The molecule has 1 aliphatic rings. The van der Waals surface area contributed by atoms with Crippen LogP contribution in [-0.2, 0) is 4.74 Å². The van der Waals surface area contributed by atoms with Crippen LogP contribution in [0.5, 0.6) is 0 Å². The molecule has 1 aliphatic heterocycles. The van der Waals surface area contributed by atoms with E-state index in [9.17, 15) is 0 Å². The number of hydrogen-bond acceptors (Lipinski definition) is 3. The highest BCUT2D eigenvalue weighted by atomic mass is 79.9. The van der Waals surface area contributed by atoms with Crippen molar-refractivity contribution in [2.75, 3.05) is 25.5 Å². The van der Waals surface area contributed by atoms with Crippen LogP contribution in [0.3, 0.4) is 0 Å². The predicted molar refractivity (Wildman–Crippen MR) is 85.9 cm³/mol. The molecule has 0 saturated carbocycles. The molecule has 4 heteroatoms. The zero-order valence-electron chi connectivity index (χ0n) is 11.4. The van der Waals surface area contributed by atoms with Crippen molar-refractivity contribution in [3.63, 3.8) is 0 Å². The molecular formula is C15H22BrNOS. The molecule has 1 aromatic carbocycles. The Kier molecular flexibility index (Phi) is 6.71. The highest BCUT2D eigenvalue weighted by molar-refractivity contribution is 9.10. The molecule has 0 amide bonds. The minimum absolute atomic E-state index is 0.566. The summed E-state index contributed by atoms with van der Waals surface area (Å²) >= 11 is 5.41. The summed E-state index contributed by atoms with van der Waals surface area (Å²) in [6, 6.07) is 9.13. The van der Waals surface area contributed by atoms with Crippen LogP contribution in [0.15, 0.2) is 33.6 Å². The molecule has 0 aromatic heterocycles. The van der Waals surface area contributed by atoms with Gasteiger partial charge in [0, 0.05) is 33.7 Å². The normalized spacial score (nSPS) is 20.6. The monoisotopic (exact) mass is 343 g/mol. The lowest BCUT2D eigenvalue weighted by Crippen LogP contribution is -2.39. The zero-order valence-corrected chi connectivity index (χ0v) is 13.8. The fourth-order valence-corrected chi connectivity index (χ4v) is 3.63. The lowest BCUT2D eigenvalue weighted by atomic mass is 10.0. The van der Waals surface area contributed by atoms with Crippen LogP contribution in [0.1, 0.15) is 19.8 Å². The summed E-state index contributed by atoms with van der Waals surface area (Å²) in [7, 11) is 0. The molecule has 0 aliphatic carbocycles. The van der Waals surface area contributed by atoms with E-state index in [2.05, 4.69) is 52.4 Å². The Hall–Kier alpha value is -0.0300. The van der Waals surface area contributed by atoms with Gasteiger partial charge in [0.25, 0.3) is 0 Å². The van der Waals surface area contributed by atoms with E-state index in [1.54, 1.807) is 0 Å². The number of thioether (sulfide) groups is 1. The van der Waals surface area contributed by atoms with Crippen molar-refractivity contribution in [3.8, 4) is 0 Å². The minimum atomic E-state index is 0.566.